The molecule has 2 aliphatic rings. The van der Waals surface area contributed by atoms with E-state index >= 15 is 0 Å². The zero-order valence-electron chi connectivity index (χ0n) is 15.2. The van der Waals surface area contributed by atoms with Crippen molar-refractivity contribution in [1.82, 2.24) is 15.1 Å². The maximum absolute atomic E-state index is 12.5. The van der Waals surface area contributed by atoms with Gasteiger partial charge in [0.1, 0.15) is 0 Å². The van der Waals surface area contributed by atoms with Crippen molar-refractivity contribution in [2.45, 2.75) is 77.9 Å². The predicted octanol–water partition coefficient (Wildman–Crippen LogP) is 2.01. The Kier molecular flexibility index (Phi) is 6.45. The van der Waals surface area contributed by atoms with Gasteiger partial charge >= 0.3 is 0 Å². The minimum Gasteiger partial charge on any atom is -0.352 e. The molecule has 1 heterocycles. The third-order valence-corrected chi connectivity index (χ3v) is 5.64. The maximum atomic E-state index is 12.5. The summed E-state index contributed by atoms with van der Waals surface area (Å²) >= 11 is 0. The van der Waals surface area contributed by atoms with Crippen molar-refractivity contribution in [2.75, 3.05) is 19.6 Å². The predicted molar refractivity (Wildman–Crippen MR) is 92.1 cm³/mol. The van der Waals surface area contributed by atoms with E-state index < -0.39 is 0 Å². The van der Waals surface area contributed by atoms with Crippen LogP contribution in [0.15, 0.2) is 0 Å². The molecule has 0 aromatic carbocycles. The molecule has 5 heteroatoms. The molecule has 2 rings (SSSR count). The summed E-state index contributed by atoms with van der Waals surface area (Å²) in [5.41, 5.74) is 0. The number of hydrogen-bond donors (Lipinski definition) is 1. The van der Waals surface area contributed by atoms with E-state index in [0.717, 1.165) is 32.4 Å². The van der Waals surface area contributed by atoms with E-state index in [4.69, 9.17) is 0 Å². The summed E-state index contributed by atoms with van der Waals surface area (Å²) in [6.07, 6.45) is 5.34. The summed E-state index contributed by atoms with van der Waals surface area (Å²) in [7, 11) is 0. The SMILES string of the molecule is CC[C@@H](C)[C@@H](C)N(CC(=O)NC1CCN(C(C)=O)CC1)C1CC1. The van der Waals surface area contributed by atoms with Crippen LogP contribution in [0.5, 0.6) is 0 Å². The van der Waals surface area contributed by atoms with E-state index in [1.807, 2.05) is 4.90 Å². The van der Waals surface area contributed by atoms with Gasteiger partial charge in [0.25, 0.3) is 0 Å². The second-order valence-electron chi connectivity index (χ2n) is 7.38. The van der Waals surface area contributed by atoms with E-state index in [1.165, 1.54) is 12.8 Å². The maximum Gasteiger partial charge on any atom is 0.234 e. The molecule has 2 fully saturated rings. The number of rotatable bonds is 7. The average molecular weight is 323 g/mol. The summed E-state index contributed by atoms with van der Waals surface area (Å²) in [5, 5.41) is 3.18. The lowest BCUT2D eigenvalue weighted by atomic mass is 9.99. The summed E-state index contributed by atoms with van der Waals surface area (Å²) in [6.45, 7) is 10.4. The van der Waals surface area contributed by atoms with Crippen LogP contribution in [-0.2, 0) is 9.59 Å². The molecule has 0 aromatic rings. The van der Waals surface area contributed by atoms with Crippen LogP contribution in [0, 0.1) is 5.92 Å². The van der Waals surface area contributed by atoms with E-state index in [-0.39, 0.29) is 17.9 Å². The first-order valence-corrected chi connectivity index (χ1v) is 9.23. The normalized spacial score (nSPS) is 22.0. The number of likely N-dealkylation sites (tertiary alicyclic amines) is 1. The molecule has 1 saturated carbocycles. The second kappa shape index (κ2) is 8.13. The molecular formula is C18H33N3O2. The largest absolute Gasteiger partial charge is 0.352 e. The summed E-state index contributed by atoms with van der Waals surface area (Å²) in [4.78, 5) is 28.1. The van der Waals surface area contributed by atoms with Gasteiger partial charge in [0.15, 0.2) is 0 Å². The molecule has 0 aromatic heterocycles. The molecule has 1 aliphatic heterocycles. The standard InChI is InChI=1S/C18H33N3O2/c1-5-13(2)14(3)21(17-6-7-17)12-18(23)19-16-8-10-20(11-9-16)15(4)22/h13-14,16-17H,5-12H2,1-4H3,(H,19,23)/t13-,14-/m1/s1. The molecule has 0 spiro atoms. The lowest BCUT2D eigenvalue weighted by Gasteiger charge is -2.34. The molecule has 5 nitrogen and oxygen atoms in total. The minimum atomic E-state index is 0.136. The Morgan fingerprint density at radius 2 is 1.78 bits per heavy atom. The van der Waals surface area contributed by atoms with Crippen LogP contribution in [0.3, 0.4) is 0 Å². The molecular weight excluding hydrogens is 290 g/mol. The molecule has 0 bridgehead atoms. The molecule has 0 radical (unpaired) electrons. The molecule has 0 unspecified atom stereocenters. The van der Waals surface area contributed by atoms with Crippen molar-refractivity contribution in [1.29, 1.82) is 0 Å². The van der Waals surface area contributed by atoms with Crippen LogP contribution in [0.2, 0.25) is 0 Å². The number of carbonyl (C=O) groups excluding carboxylic acids is 2. The van der Waals surface area contributed by atoms with Crippen LogP contribution in [0.1, 0.15) is 59.8 Å². The van der Waals surface area contributed by atoms with Gasteiger partial charge in [-0.15, -0.1) is 0 Å². The molecule has 1 aliphatic carbocycles. The Balaban J connectivity index is 1.80. The number of nitrogens with one attached hydrogen (secondary N) is 1. The van der Waals surface area contributed by atoms with Crippen LogP contribution >= 0.6 is 0 Å². The number of carbonyl (C=O) groups is 2. The topological polar surface area (TPSA) is 52.7 Å². The summed E-state index contributed by atoms with van der Waals surface area (Å²) in [6, 6.07) is 1.28. The minimum absolute atomic E-state index is 0.136. The van der Waals surface area contributed by atoms with Crippen LogP contribution in [0.25, 0.3) is 0 Å². The summed E-state index contributed by atoms with van der Waals surface area (Å²) in [5.74, 6) is 0.896. The van der Waals surface area contributed by atoms with Crippen molar-refractivity contribution in [3.8, 4) is 0 Å². The van der Waals surface area contributed by atoms with Crippen molar-refractivity contribution in [2.24, 2.45) is 5.92 Å². The Morgan fingerprint density at radius 3 is 2.26 bits per heavy atom. The lowest BCUT2D eigenvalue weighted by Crippen LogP contribution is -2.50. The first-order valence-electron chi connectivity index (χ1n) is 9.23. The summed E-state index contributed by atoms with van der Waals surface area (Å²) < 4.78 is 0. The number of hydrogen-bond acceptors (Lipinski definition) is 3. The van der Waals surface area contributed by atoms with Gasteiger partial charge in [-0.05, 0) is 38.5 Å². The highest BCUT2D eigenvalue weighted by Gasteiger charge is 2.35. The third-order valence-electron chi connectivity index (χ3n) is 5.64. The fraction of sp³-hybridized carbons (Fsp3) is 0.889. The lowest BCUT2D eigenvalue weighted by molar-refractivity contribution is -0.130. The van der Waals surface area contributed by atoms with E-state index in [1.54, 1.807) is 6.92 Å². The quantitative estimate of drug-likeness (QED) is 0.780. The third kappa shape index (κ3) is 5.20. The molecule has 1 saturated heterocycles. The number of nitrogens with zero attached hydrogens (tertiary/aromatic N) is 2. The number of piperidine rings is 1. The van der Waals surface area contributed by atoms with Crippen molar-refractivity contribution in [3.63, 3.8) is 0 Å². The zero-order chi connectivity index (χ0) is 17.0. The molecule has 23 heavy (non-hydrogen) atoms. The molecule has 2 amide bonds. The Hall–Kier alpha value is -1.10. The Labute approximate surface area is 140 Å². The zero-order valence-corrected chi connectivity index (χ0v) is 15.2. The molecule has 132 valence electrons. The van der Waals surface area contributed by atoms with E-state index in [0.29, 0.717) is 24.5 Å². The van der Waals surface area contributed by atoms with Gasteiger partial charge in [0, 0.05) is 38.1 Å². The smallest absolute Gasteiger partial charge is 0.234 e. The fourth-order valence-corrected chi connectivity index (χ4v) is 3.46. The van der Waals surface area contributed by atoms with Gasteiger partial charge in [0.05, 0.1) is 6.54 Å². The van der Waals surface area contributed by atoms with Crippen molar-refractivity contribution < 1.29 is 9.59 Å². The Morgan fingerprint density at radius 1 is 1.17 bits per heavy atom. The van der Waals surface area contributed by atoms with Gasteiger partial charge in [-0.3, -0.25) is 14.5 Å². The fourth-order valence-electron chi connectivity index (χ4n) is 3.46. The average Bonchev–Trinajstić information content (AvgIpc) is 3.36. The van der Waals surface area contributed by atoms with Gasteiger partial charge in [-0.2, -0.15) is 0 Å². The monoisotopic (exact) mass is 323 g/mol. The first kappa shape index (κ1) is 18.2. The highest BCUT2D eigenvalue weighted by molar-refractivity contribution is 5.78. The second-order valence-corrected chi connectivity index (χ2v) is 7.38. The Bertz CT molecular complexity index is 414. The van der Waals surface area contributed by atoms with Gasteiger partial charge in [-0.1, -0.05) is 20.3 Å². The van der Waals surface area contributed by atoms with E-state index in [2.05, 4.69) is 31.0 Å². The highest BCUT2D eigenvalue weighted by atomic mass is 16.2. The van der Waals surface area contributed by atoms with Gasteiger partial charge < -0.3 is 10.2 Å². The van der Waals surface area contributed by atoms with E-state index in [9.17, 15) is 9.59 Å². The van der Waals surface area contributed by atoms with Gasteiger partial charge in [-0.25, -0.2) is 0 Å². The van der Waals surface area contributed by atoms with Crippen LogP contribution < -0.4 is 5.32 Å². The van der Waals surface area contributed by atoms with Crippen molar-refractivity contribution >= 4 is 11.8 Å². The van der Waals surface area contributed by atoms with Crippen LogP contribution in [-0.4, -0.2) is 59.4 Å². The molecule has 2 atom stereocenters. The highest BCUT2D eigenvalue weighted by Crippen LogP contribution is 2.31. The van der Waals surface area contributed by atoms with Gasteiger partial charge in [0.2, 0.25) is 11.8 Å². The number of amides is 2. The first-order chi connectivity index (χ1) is 10.9. The molecule has 1 N–H and O–H groups in total. The van der Waals surface area contributed by atoms with Crippen molar-refractivity contribution in [3.05, 3.63) is 0 Å². The van der Waals surface area contributed by atoms with Crippen LogP contribution in [0.4, 0.5) is 0 Å².